The van der Waals surface area contributed by atoms with E-state index in [0.717, 1.165) is 31.7 Å². The van der Waals surface area contributed by atoms with Gasteiger partial charge in [-0.15, -0.1) is 6.58 Å². The molecule has 0 amide bonds. The predicted octanol–water partition coefficient (Wildman–Crippen LogP) is 2.84. The van der Waals surface area contributed by atoms with Crippen molar-refractivity contribution in [2.24, 2.45) is 0 Å². The van der Waals surface area contributed by atoms with Crippen LogP contribution in [0.5, 0.6) is 0 Å². The summed E-state index contributed by atoms with van der Waals surface area (Å²) in [7, 11) is -3.77. The summed E-state index contributed by atoms with van der Waals surface area (Å²) in [5, 5.41) is 0. The fourth-order valence-corrected chi connectivity index (χ4v) is 4.43. The van der Waals surface area contributed by atoms with Gasteiger partial charge in [0.25, 0.3) is 0 Å². The number of hydrogen-bond donors (Lipinski definition) is 1. The van der Waals surface area contributed by atoms with E-state index in [4.69, 9.17) is 5.73 Å². The number of halogens is 1. The molecule has 1 aliphatic rings. The van der Waals surface area contributed by atoms with Gasteiger partial charge in [-0.25, -0.2) is 12.8 Å². The molecule has 116 valence electrons. The van der Waals surface area contributed by atoms with Gasteiger partial charge in [-0.1, -0.05) is 18.9 Å². The molecule has 0 saturated heterocycles. The Labute approximate surface area is 125 Å². The van der Waals surface area contributed by atoms with Gasteiger partial charge in [-0.3, -0.25) is 0 Å². The highest BCUT2D eigenvalue weighted by Crippen LogP contribution is 2.30. The first-order valence-electron chi connectivity index (χ1n) is 7.06. The summed E-state index contributed by atoms with van der Waals surface area (Å²) in [6.45, 7) is 5.38. The minimum absolute atomic E-state index is 0.0430. The average Bonchev–Trinajstić information content (AvgIpc) is 2.95. The van der Waals surface area contributed by atoms with E-state index in [-0.39, 0.29) is 28.7 Å². The Kier molecular flexibility index (Phi) is 4.68. The van der Waals surface area contributed by atoms with Crippen molar-refractivity contribution in [3.8, 4) is 0 Å². The molecule has 0 aliphatic heterocycles. The molecule has 2 N–H and O–H groups in total. The molecule has 1 aromatic rings. The van der Waals surface area contributed by atoms with Crippen molar-refractivity contribution in [2.75, 3.05) is 12.3 Å². The van der Waals surface area contributed by atoms with Crippen molar-refractivity contribution in [3.05, 3.63) is 36.2 Å². The molecule has 1 fully saturated rings. The summed E-state index contributed by atoms with van der Waals surface area (Å²) in [5.74, 6) is -0.599. The van der Waals surface area contributed by atoms with E-state index < -0.39 is 15.8 Å². The third-order valence-corrected chi connectivity index (χ3v) is 5.90. The van der Waals surface area contributed by atoms with E-state index in [1.54, 1.807) is 6.08 Å². The fraction of sp³-hybridized carbons (Fsp3) is 0.467. The van der Waals surface area contributed by atoms with E-state index in [9.17, 15) is 12.8 Å². The Morgan fingerprint density at radius 1 is 1.43 bits per heavy atom. The lowest BCUT2D eigenvalue weighted by atomic mass is 10.2. The third kappa shape index (κ3) is 3.11. The number of nitrogen functional groups attached to an aromatic ring is 1. The van der Waals surface area contributed by atoms with E-state index in [1.165, 1.54) is 17.3 Å². The number of anilines is 1. The molecule has 0 atom stereocenters. The summed E-state index contributed by atoms with van der Waals surface area (Å²) in [6, 6.07) is 2.34. The van der Waals surface area contributed by atoms with Crippen LogP contribution in [0, 0.1) is 12.7 Å². The summed E-state index contributed by atoms with van der Waals surface area (Å²) >= 11 is 0. The number of nitrogens with two attached hydrogens (primary N) is 1. The average molecular weight is 312 g/mol. The highest BCUT2D eigenvalue weighted by Gasteiger charge is 2.33. The third-order valence-electron chi connectivity index (χ3n) is 4.01. The lowest BCUT2D eigenvalue weighted by Crippen LogP contribution is -2.39. The molecule has 0 unspecified atom stereocenters. The van der Waals surface area contributed by atoms with Crippen LogP contribution in [0.1, 0.15) is 31.2 Å². The van der Waals surface area contributed by atoms with Gasteiger partial charge in [0.05, 0.1) is 4.90 Å². The molecule has 0 heterocycles. The van der Waals surface area contributed by atoms with Gasteiger partial charge < -0.3 is 5.73 Å². The Hall–Kier alpha value is -1.40. The molecule has 21 heavy (non-hydrogen) atoms. The van der Waals surface area contributed by atoms with Crippen LogP contribution in [0.3, 0.4) is 0 Å². The highest BCUT2D eigenvalue weighted by molar-refractivity contribution is 7.89. The maximum Gasteiger partial charge on any atom is 0.243 e. The number of hydrogen-bond acceptors (Lipinski definition) is 3. The zero-order valence-corrected chi connectivity index (χ0v) is 13.0. The van der Waals surface area contributed by atoms with Gasteiger partial charge in [-0.05, 0) is 31.9 Å². The van der Waals surface area contributed by atoms with Crippen LogP contribution in [0.15, 0.2) is 29.7 Å². The van der Waals surface area contributed by atoms with Crippen LogP contribution >= 0.6 is 0 Å². The molecule has 0 radical (unpaired) electrons. The molecular formula is C15H21FN2O2S. The number of rotatable bonds is 5. The summed E-state index contributed by atoms with van der Waals surface area (Å²) in [6.07, 6.45) is 5.24. The van der Waals surface area contributed by atoms with Gasteiger partial charge in [0.2, 0.25) is 10.0 Å². The predicted molar refractivity (Wildman–Crippen MR) is 81.9 cm³/mol. The Bertz CT molecular complexity index is 614. The first kappa shape index (κ1) is 16.0. The SMILES string of the molecule is C=CCN(C1CCCC1)S(=O)(=O)c1cc(N)c(C)c(F)c1. The minimum Gasteiger partial charge on any atom is -0.398 e. The van der Waals surface area contributed by atoms with E-state index >= 15 is 0 Å². The molecule has 2 rings (SSSR count). The Morgan fingerprint density at radius 2 is 2.05 bits per heavy atom. The number of benzene rings is 1. The van der Waals surface area contributed by atoms with Crippen molar-refractivity contribution in [1.82, 2.24) is 4.31 Å². The van der Waals surface area contributed by atoms with Crippen LogP contribution in [0.2, 0.25) is 0 Å². The first-order valence-corrected chi connectivity index (χ1v) is 8.50. The summed E-state index contributed by atoms with van der Waals surface area (Å²) in [5.41, 5.74) is 6.12. The quantitative estimate of drug-likeness (QED) is 0.671. The van der Waals surface area contributed by atoms with E-state index in [0.29, 0.717) is 0 Å². The van der Waals surface area contributed by atoms with Crippen LogP contribution in [0.4, 0.5) is 10.1 Å². The molecule has 1 saturated carbocycles. The first-order chi connectivity index (χ1) is 9.87. The Morgan fingerprint density at radius 3 is 2.57 bits per heavy atom. The maximum atomic E-state index is 13.8. The van der Waals surface area contributed by atoms with Crippen LogP contribution in [-0.2, 0) is 10.0 Å². The molecule has 6 heteroatoms. The topological polar surface area (TPSA) is 63.4 Å². The number of nitrogens with zero attached hydrogens (tertiary/aromatic N) is 1. The van der Waals surface area contributed by atoms with Gasteiger partial charge in [0, 0.05) is 23.8 Å². The minimum atomic E-state index is -3.77. The smallest absolute Gasteiger partial charge is 0.243 e. The zero-order valence-electron chi connectivity index (χ0n) is 12.2. The largest absolute Gasteiger partial charge is 0.398 e. The fourth-order valence-electron chi connectivity index (χ4n) is 2.72. The Balaban J connectivity index is 2.45. The molecule has 0 spiro atoms. The summed E-state index contributed by atoms with van der Waals surface area (Å²) < 4.78 is 40.8. The van der Waals surface area contributed by atoms with Crippen molar-refractivity contribution in [2.45, 2.75) is 43.5 Å². The van der Waals surface area contributed by atoms with Crippen molar-refractivity contribution < 1.29 is 12.8 Å². The van der Waals surface area contributed by atoms with Crippen LogP contribution < -0.4 is 5.73 Å². The second-order valence-electron chi connectivity index (χ2n) is 5.42. The molecule has 0 bridgehead atoms. The van der Waals surface area contributed by atoms with Crippen LogP contribution in [0.25, 0.3) is 0 Å². The van der Waals surface area contributed by atoms with Gasteiger partial charge >= 0.3 is 0 Å². The zero-order chi connectivity index (χ0) is 15.6. The van der Waals surface area contributed by atoms with Gasteiger partial charge in [-0.2, -0.15) is 4.31 Å². The standard InChI is InChI=1S/C15H21FN2O2S/c1-3-8-18(12-6-4-5-7-12)21(19,20)13-9-14(16)11(2)15(17)10-13/h3,9-10,12H,1,4-8,17H2,2H3. The monoisotopic (exact) mass is 312 g/mol. The second-order valence-corrected chi connectivity index (χ2v) is 7.31. The highest BCUT2D eigenvalue weighted by atomic mass is 32.2. The molecule has 1 aliphatic carbocycles. The maximum absolute atomic E-state index is 13.8. The van der Waals surface area contributed by atoms with Gasteiger partial charge in [0.15, 0.2) is 0 Å². The van der Waals surface area contributed by atoms with Crippen molar-refractivity contribution >= 4 is 15.7 Å². The van der Waals surface area contributed by atoms with Crippen molar-refractivity contribution in [1.29, 1.82) is 0 Å². The molecule has 0 aromatic heterocycles. The normalized spacial score (nSPS) is 16.5. The van der Waals surface area contributed by atoms with E-state index in [2.05, 4.69) is 6.58 Å². The molecule has 4 nitrogen and oxygen atoms in total. The van der Waals surface area contributed by atoms with Gasteiger partial charge in [0.1, 0.15) is 5.82 Å². The van der Waals surface area contributed by atoms with Crippen LogP contribution in [-0.4, -0.2) is 25.3 Å². The lowest BCUT2D eigenvalue weighted by Gasteiger charge is -2.27. The lowest BCUT2D eigenvalue weighted by molar-refractivity contribution is 0.347. The van der Waals surface area contributed by atoms with Crippen molar-refractivity contribution in [3.63, 3.8) is 0 Å². The molecule has 1 aromatic carbocycles. The van der Waals surface area contributed by atoms with E-state index in [1.807, 2.05) is 0 Å². The molecular weight excluding hydrogens is 291 g/mol. The number of sulfonamides is 1. The second kappa shape index (κ2) is 6.15. The summed E-state index contributed by atoms with van der Waals surface area (Å²) in [4.78, 5) is -0.0862.